The zero-order valence-electron chi connectivity index (χ0n) is 25.5. The summed E-state index contributed by atoms with van der Waals surface area (Å²) in [4.78, 5) is 41.4. The van der Waals surface area contributed by atoms with Crippen LogP contribution in [-0.4, -0.2) is 79.3 Å². The second kappa shape index (κ2) is 11.6. The van der Waals surface area contributed by atoms with Gasteiger partial charge in [0.1, 0.15) is 17.3 Å². The maximum atomic E-state index is 14.5. The molecule has 2 aliphatic heterocycles. The van der Waals surface area contributed by atoms with Crippen LogP contribution in [0.5, 0.6) is 0 Å². The summed E-state index contributed by atoms with van der Waals surface area (Å²) in [7, 11) is 3.08. The molecule has 44 heavy (non-hydrogen) atoms. The quantitative estimate of drug-likeness (QED) is 0.334. The van der Waals surface area contributed by atoms with Crippen LogP contribution in [0.25, 0.3) is 0 Å². The van der Waals surface area contributed by atoms with Crippen LogP contribution in [-0.2, 0) is 26.1 Å². The van der Waals surface area contributed by atoms with Gasteiger partial charge in [0, 0.05) is 57.2 Å². The highest BCUT2D eigenvalue weighted by Gasteiger charge is 2.53. The molecule has 3 aliphatic rings. The number of ether oxygens (including phenoxy) is 2. The average molecular weight is 622 g/mol. The predicted molar refractivity (Wildman–Crippen MR) is 166 cm³/mol. The zero-order chi connectivity index (χ0) is 31.2. The van der Waals surface area contributed by atoms with Crippen molar-refractivity contribution in [1.29, 1.82) is 0 Å². The highest BCUT2D eigenvalue weighted by Crippen LogP contribution is 2.56. The predicted octanol–water partition coefficient (Wildman–Crippen LogP) is 5.17. The van der Waals surface area contributed by atoms with Crippen LogP contribution in [0.15, 0.2) is 48.7 Å². The Labute approximate surface area is 261 Å². The molecule has 6 rings (SSSR count). The molecule has 0 unspecified atom stereocenters. The molecule has 9 nitrogen and oxygen atoms in total. The highest BCUT2D eigenvalue weighted by atomic mass is 35.5. The number of carbonyl (C=O) groups is 2. The number of rotatable bonds is 7. The van der Waals surface area contributed by atoms with Crippen LogP contribution in [0.1, 0.15) is 48.4 Å². The molecule has 1 spiro atoms. The Balaban J connectivity index is 1.23. The number of benzene rings is 1. The lowest BCUT2D eigenvalue weighted by molar-refractivity contribution is -0.139. The third-order valence-electron chi connectivity index (χ3n) is 9.18. The number of methoxy groups -OCH3 is 2. The number of hydrogen-bond acceptors (Lipinski definition) is 8. The molecule has 4 heterocycles. The van der Waals surface area contributed by atoms with Crippen LogP contribution in [0, 0.1) is 11.7 Å². The molecule has 0 bridgehead atoms. The third kappa shape index (κ3) is 5.49. The number of carbonyl (C=O) groups excluding carboxylic acids is 2. The van der Waals surface area contributed by atoms with Gasteiger partial charge in [0.15, 0.2) is 0 Å². The van der Waals surface area contributed by atoms with Crippen molar-refractivity contribution in [2.24, 2.45) is 5.92 Å². The van der Waals surface area contributed by atoms with Gasteiger partial charge in [-0.15, -0.1) is 0 Å². The van der Waals surface area contributed by atoms with E-state index in [2.05, 4.69) is 28.6 Å². The van der Waals surface area contributed by atoms with Gasteiger partial charge in [-0.05, 0) is 74.6 Å². The van der Waals surface area contributed by atoms with Crippen molar-refractivity contribution < 1.29 is 23.5 Å². The van der Waals surface area contributed by atoms with Gasteiger partial charge in [-0.25, -0.2) is 14.4 Å². The molecule has 0 N–H and O–H groups in total. The first-order valence-electron chi connectivity index (χ1n) is 14.9. The van der Waals surface area contributed by atoms with Crippen LogP contribution in [0.4, 0.5) is 21.6 Å². The Morgan fingerprint density at radius 3 is 2.52 bits per heavy atom. The number of hydrogen-bond donors (Lipinski definition) is 0. The number of aromatic nitrogens is 2. The lowest BCUT2D eigenvalue weighted by Crippen LogP contribution is -2.61. The molecule has 3 aromatic rings. The Hall–Kier alpha value is -3.76. The second-order valence-electron chi connectivity index (χ2n) is 12.7. The summed E-state index contributed by atoms with van der Waals surface area (Å²) in [6.07, 6.45) is 3.65. The largest absolute Gasteiger partial charge is 0.469 e. The fourth-order valence-corrected chi connectivity index (χ4v) is 7.18. The fraction of sp³-hybridized carbons (Fsp3) is 0.455. The first-order chi connectivity index (χ1) is 21.0. The minimum absolute atomic E-state index is 0.0832. The Morgan fingerprint density at radius 2 is 1.86 bits per heavy atom. The van der Waals surface area contributed by atoms with E-state index in [-0.39, 0.29) is 28.7 Å². The van der Waals surface area contributed by atoms with Gasteiger partial charge in [0.2, 0.25) is 0 Å². The lowest BCUT2D eigenvalue weighted by atomic mass is 9.61. The monoisotopic (exact) mass is 621 g/mol. The van der Waals surface area contributed by atoms with Gasteiger partial charge < -0.3 is 24.2 Å². The third-order valence-corrected chi connectivity index (χ3v) is 9.49. The van der Waals surface area contributed by atoms with Crippen LogP contribution < -0.4 is 9.80 Å². The topological polar surface area (TPSA) is 88.1 Å². The Kier molecular flexibility index (Phi) is 8.00. The van der Waals surface area contributed by atoms with Gasteiger partial charge in [-0.1, -0.05) is 17.7 Å². The summed E-state index contributed by atoms with van der Waals surface area (Å²) in [5.74, 6) is 0.318. The average Bonchev–Trinajstić information content (AvgIpc) is 3.33. The number of piperazine rings is 1. The minimum Gasteiger partial charge on any atom is -0.469 e. The standard InChI is InChI=1S/C33H37ClFN5O4/c1-32(2)19-38(28-10-5-21(17-36-28)13-29(41)44-4)11-12-40(32)31(42)26-8-9-27-30(37-26)33(15-22(16-33)18-43-3)20-39(27)23-6-7-24(34)25(35)14-23/h5-10,14,17,22H,11-13,15-16,18-20H2,1-4H3. The van der Waals surface area contributed by atoms with Crippen molar-refractivity contribution in [3.05, 3.63) is 76.5 Å². The van der Waals surface area contributed by atoms with Crippen LogP contribution >= 0.6 is 11.6 Å². The van der Waals surface area contributed by atoms with E-state index in [0.717, 1.165) is 35.6 Å². The first kappa shape index (κ1) is 30.3. The molecule has 1 amide bonds. The molecular weight excluding hydrogens is 585 g/mol. The van der Waals surface area contributed by atoms with E-state index in [1.165, 1.54) is 13.2 Å². The summed E-state index contributed by atoms with van der Waals surface area (Å²) in [6, 6.07) is 12.4. The van der Waals surface area contributed by atoms with E-state index in [0.29, 0.717) is 50.1 Å². The van der Waals surface area contributed by atoms with E-state index in [1.54, 1.807) is 25.4 Å². The van der Waals surface area contributed by atoms with Gasteiger partial charge >= 0.3 is 5.97 Å². The first-order valence-corrected chi connectivity index (χ1v) is 15.2. The lowest BCUT2D eigenvalue weighted by Gasteiger charge is -2.47. The molecule has 11 heteroatoms. The number of halogens is 2. The summed E-state index contributed by atoms with van der Waals surface area (Å²) in [5.41, 5.74) is 2.97. The molecule has 1 aromatic carbocycles. The molecule has 1 aliphatic carbocycles. The van der Waals surface area contributed by atoms with Crippen LogP contribution in [0.2, 0.25) is 5.02 Å². The van der Waals surface area contributed by atoms with E-state index in [4.69, 9.17) is 26.1 Å². The smallest absolute Gasteiger partial charge is 0.310 e. The van der Waals surface area contributed by atoms with Gasteiger partial charge in [-0.3, -0.25) is 9.59 Å². The van der Waals surface area contributed by atoms with Crippen molar-refractivity contribution in [3.63, 3.8) is 0 Å². The molecular formula is C33H37ClFN5O4. The van der Waals surface area contributed by atoms with Gasteiger partial charge in [-0.2, -0.15) is 0 Å². The molecule has 232 valence electrons. The van der Waals surface area contributed by atoms with Crippen molar-refractivity contribution in [2.45, 2.75) is 44.1 Å². The van der Waals surface area contributed by atoms with Crippen molar-refractivity contribution in [2.75, 3.05) is 56.8 Å². The highest BCUT2D eigenvalue weighted by molar-refractivity contribution is 6.30. The van der Waals surface area contributed by atoms with Crippen molar-refractivity contribution in [3.8, 4) is 0 Å². The van der Waals surface area contributed by atoms with Crippen molar-refractivity contribution in [1.82, 2.24) is 14.9 Å². The molecule has 1 saturated carbocycles. The molecule has 0 atom stereocenters. The number of anilines is 3. The van der Waals surface area contributed by atoms with Crippen LogP contribution in [0.3, 0.4) is 0 Å². The van der Waals surface area contributed by atoms with E-state index < -0.39 is 11.4 Å². The molecule has 2 fully saturated rings. The number of esters is 1. The second-order valence-corrected chi connectivity index (χ2v) is 13.1. The number of nitrogens with zero attached hydrogens (tertiary/aromatic N) is 5. The van der Waals surface area contributed by atoms with E-state index in [1.807, 2.05) is 29.2 Å². The van der Waals surface area contributed by atoms with Crippen molar-refractivity contribution >= 4 is 40.7 Å². The Bertz CT molecular complexity index is 1580. The van der Waals surface area contributed by atoms with E-state index in [9.17, 15) is 14.0 Å². The molecule has 2 aromatic heterocycles. The number of fused-ring (bicyclic) bond motifs is 2. The van der Waals surface area contributed by atoms with E-state index >= 15 is 0 Å². The number of amides is 1. The molecule has 0 radical (unpaired) electrons. The maximum Gasteiger partial charge on any atom is 0.310 e. The molecule has 1 saturated heterocycles. The minimum atomic E-state index is -0.493. The number of pyridine rings is 2. The fourth-order valence-electron chi connectivity index (χ4n) is 7.06. The summed E-state index contributed by atoms with van der Waals surface area (Å²) in [5, 5.41) is 0.0832. The SMILES string of the molecule is COCC1CC2(C1)CN(c1ccc(Cl)c(F)c1)c1ccc(C(=O)N3CCN(c4ccc(CC(=O)OC)cn4)CC3(C)C)nc12. The zero-order valence-corrected chi connectivity index (χ0v) is 26.2. The van der Waals surface area contributed by atoms with Gasteiger partial charge in [0.05, 0.1) is 35.5 Å². The summed E-state index contributed by atoms with van der Waals surface area (Å²) >= 11 is 5.98. The van der Waals surface area contributed by atoms with Gasteiger partial charge in [0.25, 0.3) is 5.91 Å². The maximum absolute atomic E-state index is 14.5. The Morgan fingerprint density at radius 1 is 1.07 bits per heavy atom. The summed E-state index contributed by atoms with van der Waals surface area (Å²) < 4.78 is 24.6. The summed E-state index contributed by atoms with van der Waals surface area (Å²) in [6.45, 7) is 7.14. The normalized spacial score (nSPS) is 22.1.